The van der Waals surface area contributed by atoms with Gasteiger partial charge in [-0.3, -0.25) is 19.1 Å². The molecule has 1 atom stereocenters. The first-order chi connectivity index (χ1) is 11.8. The summed E-state index contributed by atoms with van der Waals surface area (Å²) in [6.07, 6.45) is 9.45. The van der Waals surface area contributed by atoms with Gasteiger partial charge in [0.25, 0.3) is 0 Å². The highest BCUT2D eigenvalue weighted by atomic mass is 16.5. The van der Waals surface area contributed by atoms with Gasteiger partial charge in [-0.05, 0) is 19.4 Å². The number of hydrogen-bond donors (Lipinski definition) is 0. The maximum Gasteiger partial charge on any atom is 0.227 e. The van der Waals surface area contributed by atoms with Gasteiger partial charge in [0.05, 0.1) is 37.2 Å². The summed E-state index contributed by atoms with van der Waals surface area (Å²) < 4.78 is 7.42. The lowest BCUT2D eigenvalue weighted by atomic mass is 9.96. The molecule has 2 saturated heterocycles. The second-order valence-electron chi connectivity index (χ2n) is 6.57. The number of aromatic nitrogens is 3. The molecule has 7 nitrogen and oxygen atoms in total. The SMILES string of the molecule is O=C(C1CCCN(Cc2cnc3cnccn23)C1)N1CCOCC1. The number of piperidine rings is 1. The Morgan fingerprint density at radius 2 is 2.12 bits per heavy atom. The van der Waals surface area contributed by atoms with Crippen molar-refractivity contribution >= 4 is 11.6 Å². The molecule has 0 N–H and O–H groups in total. The molecular formula is C17H23N5O2. The molecule has 0 bridgehead atoms. The maximum absolute atomic E-state index is 12.7. The molecule has 2 aromatic heterocycles. The molecule has 0 aliphatic carbocycles. The summed E-state index contributed by atoms with van der Waals surface area (Å²) in [6.45, 7) is 5.47. The summed E-state index contributed by atoms with van der Waals surface area (Å²) in [5, 5.41) is 0. The molecule has 4 rings (SSSR count). The van der Waals surface area contributed by atoms with Crippen LogP contribution < -0.4 is 0 Å². The first-order valence-electron chi connectivity index (χ1n) is 8.66. The van der Waals surface area contributed by atoms with Gasteiger partial charge >= 0.3 is 0 Å². The lowest BCUT2D eigenvalue weighted by molar-refractivity contribution is -0.141. The van der Waals surface area contributed by atoms with Crippen molar-refractivity contribution in [3.05, 3.63) is 30.5 Å². The third-order valence-corrected chi connectivity index (χ3v) is 4.96. The maximum atomic E-state index is 12.7. The van der Waals surface area contributed by atoms with E-state index in [0.29, 0.717) is 19.1 Å². The number of hydrogen-bond acceptors (Lipinski definition) is 5. The smallest absolute Gasteiger partial charge is 0.227 e. The summed E-state index contributed by atoms with van der Waals surface area (Å²) in [4.78, 5) is 25.6. The Kier molecular flexibility index (Phi) is 4.44. The van der Waals surface area contributed by atoms with Crippen LogP contribution in [-0.4, -0.2) is 69.5 Å². The van der Waals surface area contributed by atoms with E-state index in [0.717, 1.165) is 56.9 Å². The number of morpholine rings is 1. The molecule has 7 heteroatoms. The quantitative estimate of drug-likeness (QED) is 0.833. The second-order valence-corrected chi connectivity index (χ2v) is 6.57. The number of nitrogens with zero attached hydrogens (tertiary/aromatic N) is 5. The molecule has 2 fully saturated rings. The van der Waals surface area contributed by atoms with Crippen LogP contribution in [0.15, 0.2) is 24.8 Å². The van der Waals surface area contributed by atoms with Crippen molar-refractivity contribution in [2.45, 2.75) is 19.4 Å². The molecule has 128 valence electrons. The fourth-order valence-electron chi connectivity index (χ4n) is 3.68. The van der Waals surface area contributed by atoms with Gasteiger partial charge in [-0.2, -0.15) is 0 Å². The number of carbonyl (C=O) groups excluding carboxylic acids is 1. The molecule has 0 radical (unpaired) electrons. The molecule has 2 aromatic rings. The molecule has 4 heterocycles. The topological polar surface area (TPSA) is 63.0 Å². The van der Waals surface area contributed by atoms with E-state index in [2.05, 4.69) is 19.3 Å². The van der Waals surface area contributed by atoms with Gasteiger partial charge in [-0.25, -0.2) is 4.98 Å². The Morgan fingerprint density at radius 3 is 3.00 bits per heavy atom. The van der Waals surface area contributed by atoms with Gasteiger partial charge in [0.2, 0.25) is 5.91 Å². The molecule has 1 unspecified atom stereocenters. The van der Waals surface area contributed by atoms with Crippen LogP contribution in [0.5, 0.6) is 0 Å². The van der Waals surface area contributed by atoms with Gasteiger partial charge in [-0.1, -0.05) is 0 Å². The first-order valence-corrected chi connectivity index (χ1v) is 8.66. The fraction of sp³-hybridized carbons (Fsp3) is 0.588. The number of imidazole rings is 1. The average molecular weight is 329 g/mol. The number of ether oxygens (including phenoxy) is 1. The minimum Gasteiger partial charge on any atom is -0.378 e. The third-order valence-electron chi connectivity index (χ3n) is 4.96. The second kappa shape index (κ2) is 6.86. The minimum atomic E-state index is 0.109. The normalized spacial score (nSPS) is 22.8. The van der Waals surface area contributed by atoms with Crippen molar-refractivity contribution in [3.8, 4) is 0 Å². The van der Waals surface area contributed by atoms with Crippen molar-refractivity contribution < 1.29 is 9.53 Å². The molecule has 2 aliphatic rings. The van der Waals surface area contributed by atoms with E-state index in [4.69, 9.17) is 4.74 Å². The Balaban J connectivity index is 1.42. The predicted octanol–water partition coefficient (Wildman–Crippen LogP) is 0.800. The Bertz CT molecular complexity index is 710. The van der Waals surface area contributed by atoms with Crippen LogP contribution in [0.2, 0.25) is 0 Å². The first kappa shape index (κ1) is 15.5. The Labute approximate surface area is 141 Å². The predicted molar refractivity (Wildman–Crippen MR) is 88.4 cm³/mol. The van der Waals surface area contributed by atoms with Crippen LogP contribution >= 0.6 is 0 Å². The van der Waals surface area contributed by atoms with E-state index < -0.39 is 0 Å². The Hall–Kier alpha value is -1.99. The lowest BCUT2D eigenvalue weighted by Crippen LogP contribution is -2.48. The number of likely N-dealkylation sites (tertiary alicyclic amines) is 1. The summed E-state index contributed by atoms with van der Waals surface area (Å²) in [5.74, 6) is 0.406. The van der Waals surface area contributed by atoms with Crippen LogP contribution in [0.4, 0.5) is 0 Å². The monoisotopic (exact) mass is 329 g/mol. The number of fused-ring (bicyclic) bond motifs is 1. The zero-order valence-electron chi connectivity index (χ0n) is 13.8. The molecule has 2 aliphatic heterocycles. The zero-order chi connectivity index (χ0) is 16.4. The van der Waals surface area contributed by atoms with E-state index in [1.54, 1.807) is 12.4 Å². The van der Waals surface area contributed by atoms with Gasteiger partial charge in [0.15, 0.2) is 5.65 Å². The van der Waals surface area contributed by atoms with Crippen LogP contribution in [0.1, 0.15) is 18.5 Å². The van der Waals surface area contributed by atoms with Gasteiger partial charge in [0, 0.05) is 38.6 Å². The van der Waals surface area contributed by atoms with Crippen LogP contribution in [0.25, 0.3) is 5.65 Å². The van der Waals surface area contributed by atoms with Gasteiger partial charge in [0.1, 0.15) is 0 Å². The number of rotatable bonds is 3. The van der Waals surface area contributed by atoms with E-state index in [-0.39, 0.29) is 5.92 Å². The average Bonchev–Trinajstić information content (AvgIpc) is 3.05. The number of amides is 1. The summed E-state index contributed by atoms with van der Waals surface area (Å²) in [6, 6.07) is 0. The van der Waals surface area contributed by atoms with Crippen LogP contribution in [0, 0.1) is 5.92 Å². The molecule has 0 spiro atoms. The highest BCUT2D eigenvalue weighted by molar-refractivity contribution is 5.79. The van der Waals surface area contributed by atoms with Crippen LogP contribution in [-0.2, 0) is 16.1 Å². The van der Waals surface area contributed by atoms with E-state index in [9.17, 15) is 4.79 Å². The molecule has 1 amide bonds. The van der Waals surface area contributed by atoms with Crippen molar-refractivity contribution in [1.82, 2.24) is 24.2 Å². The Morgan fingerprint density at radius 1 is 1.25 bits per heavy atom. The summed E-state index contributed by atoms with van der Waals surface area (Å²) in [5.41, 5.74) is 2.01. The van der Waals surface area contributed by atoms with Gasteiger partial charge < -0.3 is 9.64 Å². The van der Waals surface area contributed by atoms with E-state index in [1.165, 1.54) is 0 Å². The highest BCUT2D eigenvalue weighted by Crippen LogP contribution is 2.21. The molecular weight excluding hydrogens is 306 g/mol. The van der Waals surface area contributed by atoms with Crippen molar-refractivity contribution in [2.24, 2.45) is 5.92 Å². The van der Waals surface area contributed by atoms with Crippen molar-refractivity contribution in [2.75, 3.05) is 39.4 Å². The number of carbonyl (C=O) groups is 1. The largest absolute Gasteiger partial charge is 0.378 e. The van der Waals surface area contributed by atoms with E-state index >= 15 is 0 Å². The van der Waals surface area contributed by atoms with Crippen molar-refractivity contribution in [3.63, 3.8) is 0 Å². The summed E-state index contributed by atoms with van der Waals surface area (Å²) in [7, 11) is 0. The standard InChI is InChI=1S/C17H23N5O2/c23-17(21-6-8-24-9-7-21)14-2-1-4-20(12-14)13-15-10-19-16-11-18-3-5-22(15)16/h3,5,10-11,14H,1-2,4,6-9,12-13H2. The van der Waals surface area contributed by atoms with Crippen molar-refractivity contribution in [1.29, 1.82) is 0 Å². The lowest BCUT2D eigenvalue weighted by Gasteiger charge is -2.36. The third kappa shape index (κ3) is 3.14. The summed E-state index contributed by atoms with van der Waals surface area (Å²) >= 11 is 0. The fourth-order valence-corrected chi connectivity index (χ4v) is 3.68. The minimum absolute atomic E-state index is 0.109. The molecule has 0 saturated carbocycles. The van der Waals surface area contributed by atoms with Gasteiger partial charge in [-0.15, -0.1) is 0 Å². The molecule has 0 aromatic carbocycles. The zero-order valence-corrected chi connectivity index (χ0v) is 13.8. The van der Waals surface area contributed by atoms with E-state index in [1.807, 2.05) is 17.3 Å². The molecule has 24 heavy (non-hydrogen) atoms. The van der Waals surface area contributed by atoms with Crippen LogP contribution in [0.3, 0.4) is 0 Å². The highest BCUT2D eigenvalue weighted by Gasteiger charge is 2.30.